The second-order valence-corrected chi connectivity index (χ2v) is 5.79. The minimum absolute atomic E-state index is 0.753. The van der Waals surface area contributed by atoms with E-state index in [4.69, 9.17) is 0 Å². The molecule has 1 aliphatic heterocycles. The molecule has 2 aliphatic rings. The van der Waals surface area contributed by atoms with E-state index in [1.54, 1.807) is 16.7 Å². The molecule has 1 saturated heterocycles. The third kappa shape index (κ3) is 2.26. The van der Waals surface area contributed by atoms with Gasteiger partial charge in [-0.15, -0.1) is 0 Å². The van der Waals surface area contributed by atoms with Gasteiger partial charge in [-0.2, -0.15) is 0 Å². The van der Waals surface area contributed by atoms with Crippen LogP contribution in [0.4, 0.5) is 0 Å². The van der Waals surface area contributed by atoms with Gasteiger partial charge < -0.3 is 5.32 Å². The highest BCUT2D eigenvalue weighted by Crippen LogP contribution is 2.34. The minimum Gasteiger partial charge on any atom is -0.316 e. The number of hydrogen-bond acceptors (Lipinski definition) is 1. The monoisotopic (exact) mass is 229 g/mol. The highest BCUT2D eigenvalue weighted by Gasteiger charge is 2.20. The normalized spacial score (nSPS) is 28.8. The summed E-state index contributed by atoms with van der Waals surface area (Å²) in [6, 6.07) is 7.29. The Balaban J connectivity index is 1.88. The zero-order valence-electron chi connectivity index (χ0n) is 10.8. The number of fused-ring (bicyclic) bond motifs is 1. The molecule has 0 radical (unpaired) electrons. The molecular weight excluding hydrogens is 206 g/mol. The smallest absolute Gasteiger partial charge is 0.00201 e. The molecule has 92 valence electrons. The fourth-order valence-electron chi connectivity index (χ4n) is 3.44. The Morgan fingerprint density at radius 3 is 2.94 bits per heavy atom. The van der Waals surface area contributed by atoms with Crippen LogP contribution in [0.1, 0.15) is 61.1 Å². The maximum atomic E-state index is 3.52. The van der Waals surface area contributed by atoms with Gasteiger partial charge >= 0.3 is 0 Å². The van der Waals surface area contributed by atoms with Gasteiger partial charge in [0.2, 0.25) is 0 Å². The van der Waals surface area contributed by atoms with Gasteiger partial charge in [0.05, 0.1) is 0 Å². The molecule has 0 spiro atoms. The largest absolute Gasteiger partial charge is 0.316 e. The molecule has 0 saturated carbocycles. The van der Waals surface area contributed by atoms with Crippen molar-refractivity contribution in [3.05, 3.63) is 34.9 Å². The van der Waals surface area contributed by atoms with E-state index in [1.807, 2.05) is 0 Å². The molecule has 1 fully saturated rings. The third-order valence-corrected chi connectivity index (χ3v) is 4.55. The fourth-order valence-corrected chi connectivity index (χ4v) is 3.44. The van der Waals surface area contributed by atoms with Crippen LogP contribution >= 0.6 is 0 Å². The fraction of sp³-hybridized carbons (Fsp3) is 0.625. The first kappa shape index (κ1) is 11.3. The van der Waals surface area contributed by atoms with Crippen LogP contribution in [-0.2, 0) is 6.42 Å². The van der Waals surface area contributed by atoms with Gasteiger partial charge in [0.1, 0.15) is 0 Å². The van der Waals surface area contributed by atoms with Crippen LogP contribution in [0.2, 0.25) is 0 Å². The molecule has 0 amide bonds. The summed E-state index contributed by atoms with van der Waals surface area (Å²) >= 11 is 0. The van der Waals surface area contributed by atoms with Crippen LogP contribution in [0.15, 0.2) is 18.2 Å². The lowest BCUT2D eigenvalue weighted by atomic mass is 9.81. The van der Waals surface area contributed by atoms with E-state index in [1.165, 1.54) is 45.2 Å². The lowest BCUT2D eigenvalue weighted by Crippen LogP contribution is -2.28. The molecule has 0 aromatic heterocycles. The number of hydrogen-bond donors (Lipinski definition) is 1. The van der Waals surface area contributed by atoms with Gasteiger partial charge in [0, 0.05) is 6.54 Å². The van der Waals surface area contributed by atoms with E-state index in [0.717, 1.165) is 11.8 Å². The number of rotatable bonds is 1. The Hall–Kier alpha value is -0.820. The van der Waals surface area contributed by atoms with Gasteiger partial charge in [-0.25, -0.2) is 0 Å². The lowest BCUT2D eigenvalue weighted by Gasteiger charge is -2.27. The summed E-state index contributed by atoms with van der Waals surface area (Å²) in [6.45, 7) is 4.77. The number of nitrogens with one attached hydrogen (secondary N) is 1. The van der Waals surface area contributed by atoms with Crippen molar-refractivity contribution in [1.82, 2.24) is 5.32 Å². The molecule has 2 unspecified atom stereocenters. The van der Waals surface area contributed by atoms with Crippen molar-refractivity contribution < 1.29 is 0 Å². The standard InChI is InChI=1S/C16H23N/c1-12-4-2-5-13-7-8-14(10-16(12)13)15-6-3-9-17-11-15/h7-8,10,12,15,17H,2-6,9,11H2,1H3. The highest BCUT2D eigenvalue weighted by molar-refractivity contribution is 5.37. The molecule has 2 atom stereocenters. The Labute approximate surface area is 105 Å². The van der Waals surface area contributed by atoms with Crippen molar-refractivity contribution >= 4 is 0 Å². The summed E-state index contributed by atoms with van der Waals surface area (Å²) in [5.74, 6) is 1.53. The Kier molecular flexibility index (Phi) is 3.19. The van der Waals surface area contributed by atoms with Crippen molar-refractivity contribution in [2.45, 2.75) is 50.9 Å². The Morgan fingerprint density at radius 1 is 1.18 bits per heavy atom. The van der Waals surface area contributed by atoms with Crippen LogP contribution in [0.5, 0.6) is 0 Å². The number of aryl methyl sites for hydroxylation is 1. The maximum absolute atomic E-state index is 3.52. The van der Waals surface area contributed by atoms with Crippen LogP contribution in [0.25, 0.3) is 0 Å². The van der Waals surface area contributed by atoms with Crippen molar-refractivity contribution in [2.24, 2.45) is 0 Å². The van der Waals surface area contributed by atoms with Gasteiger partial charge in [0.15, 0.2) is 0 Å². The van der Waals surface area contributed by atoms with Crippen molar-refractivity contribution in [1.29, 1.82) is 0 Å². The first-order valence-electron chi connectivity index (χ1n) is 7.18. The summed E-state index contributed by atoms with van der Waals surface area (Å²) in [7, 11) is 0. The molecule has 1 aromatic carbocycles. The van der Waals surface area contributed by atoms with Gasteiger partial charge in [0.25, 0.3) is 0 Å². The second kappa shape index (κ2) is 4.81. The summed E-state index contributed by atoms with van der Waals surface area (Å²) in [5.41, 5.74) is 4.82. The third-order valence-electron chi connectivity index (χ3n) is 4.55. The maximum Gasteiger partial charge on any atom is 0.00201 e. The first-order chi connectivity index (χ1) is 8.34. The Bertz CT molecular complexity index is 391. The number of piperidine rings is 1. The van der Waals surface area contributed by atoms with Crippen molar-refractivity contribution in [3.63, 3.8) is 0 Å². The quantitative estimate of drug-likeness (QED) is 0.776. The Morgan fingerprint density at radius 2 is 2.12 bits per heavy atom. The predicted octanol–water partition coefficient (Wildman–Crippen LogP) is 3.59. The molecular formula is C16H23N. The van der Waals surface area contributed by atoms with Crippen LogP contribution in [-0.4, -0.2) is 13.1 Å². The zero-order valence-corrected chi connectivity index (χ0v) is 10.8. The predicted molar refractivity (Wildman–Crippen MR) is 72.6 cm³/mol. The van der Waals surface area contributed by atoms with E-state index in [9.17, 15) is 0 Å². The number of benzene rings is 1. The van der Waals surface area contributed by atoms with Crippen molar-refractivity contribution in [2.75, 3.05) is 13.1 Å². The van der Waals surface area contributed by atoms with E-state index in [0.29, 0.717) is 0 Å². The zero-order chi connectivity index (χ0) is 11.7. The van der Waals surface area contributed by atoms with Crippen molar-refractivity contribution in [3.8, 4) is 0 Å². The first-order valence-corrected chi connectivity index (χ1v) is 7.18. The van der Waals surface area contributed by atoms with E-state index in [2.05, 4.69) is 30.4 Å². The van der Waals surface area contributed by atoms with Gasteiger partial charge in [-0.1, -0.05) is 25.1 Å². The summed E-state index contributed by atoms with van der Waals surface area (Å²) in [6.07, 6.45) is 6.73. The summed E-state index contributed by atoms with van der Waals surface area (Å²) in [5, 5.41) is 3.52. The van der Waals surface area contributed by atoms with Gasteiger partial charge in [-0.3, -0.25) is 0 Å². The molecule has 1 aromatic rings. The average molecular weight is 229 g/mol. The van der Waals surface area contributed by atoms with E-state index >= 15 is 0 Å². The molecule has 3 rings (SSSR count). The molecule has 1 nitrogen and oxygen atoms in total. The molecule has 17 heavy (non-hydrogen) atoms. The highest BCUT2D eigenvalue weighted by atomic mass is 14.9. The van der Waals surface area contributed by atoms with E-state index < -0.39 is 0 Å². The van der Waals surface area contributed by atoms with E-state index in [-0.39, 0.29) is 0 Å². The molecule has 1 N–H and O–H groups in total. The molecule has 0 bridgehead atoms. The summed E-state index contributed by atoms with van der Waals surface area (Å²) in [4.78, 5) is 0. The van der Waals surface area contributed by atoms with Crippen LogP contribution < -0.4 is 5.32 Å². The van der Waals surface area contributed by atoms with Crippen LogP contribution in [0, 0.1) is 0 Å². The second-order valence-electron chi connectivity index (χ2n) is 5.79. The average Bonchev–Trinajstić information content (AvgIpc) is 2.40. The minimum atomic E-state index is 0.753. The molecule has 1 aliphatic carbocycles. The van der Waals surface area contributed by atoms with Gasteiger partial charge in [-0.05, 0) is 67.2 Å². The lowest BCUT2D eigenvalue weighted by molar-refractivity contribution is 0.460. The summed E-state index contributed by atoms with van der Waals surface area (Å²) < 4.78 is 0. The topological polar surface area (TPSA) is 12.0 Å². The molecule has 1 heteroatoms. The molecule has 1 heterocycles. The SMILES string of the molecule is CC1CCCc2ccc(C3CCCNC3)cc21. The van der Waals surface area contributed by atoms with Crippen LogP contribution in [0.3, 0.4) is 0 Å².